The number of hydrogen-bond donors (Lipinski definition) is 2. The molecule has 148 valence electrons. The van der Waals surface area contributed by atoms with Gasteiger partial charge in [-0.15, -0.1) is 0 Å². The molecule has 2 N–H and O–H groups in total. The molecule has 4 rings (SSSR count). The van der Waals surface area contributed by atoms with Gasteiger partial charge in [-0.1, -0.05) is 57.5 Å². The van der Waals surface area contributed by atoms with Crippen molar-refractivity contribution in [3.05, 3.63) is 35.9 Å². The first-order valence-corrected chi connectivity index (χ1v) is 11.3. The zero-order valence-corrected chi connectivity index (χ0v) is 18.3. The van der Waals surface area contributed by atoms with E-state index in [0.29, 0.717) is 10.8 Å². The van der Waals surface area contributed by atoms with Gasteiger partial charge in [0.2, 0.25) is 0 Å². The molecule has 0 heterocycles. The van der Waals surface area contributed by atoms with Gasteiger partial charge < -0.3 is 10.6 Å². The lowest BCUT2D eigenvalue weighted by Crippen LogP contribution is -2.62. The summed E-state index contributed by atoms with van der Waals surface area (Å²) < 4.78 is 0. The highest BCUT2D eigenvalue weighted by molar-refractivity contribution is 7.80. The topological polar surface area (TPSA) is 24.1 Å². The fourth-order valence-corrected chi connectivity index (χ4v) is 7.28. The molecule has 3 aliphatic rings. The van der Waals surface area contributed by atoms with E-state index in [4.69, 9.17) is 12.2 Å². The van der Waals surface area contributed by atoms with Gasteiger partial charge in [-0.2, -0.15) is 0 Å². The highest BCUT2D eigenvalue weighted by atomic mass is 32.1. The summed E-state index contributed by atoms with van der Waals surface area (Å²) in [5.41, 5.74) is 2.49. The Morgan fingerprint density at radius 1 is 1.07 bits per heavy atom. The van der Waals surface area contributed by atoms with Crippen LogP contribution in [0.3, 0.4) is 0 Å². The first-order chi connectivity index (χ1) is 12.8. The van der Waals surface area contributed by atoms with E-state index < -0.39 is 0 Å². The Balaban J connectivity index is 1.41. The number of benzene rings is 1. The largest absolute Gasteiger partial charge is 0.362 e. The molecular formula is C24H36N2S. The lowest BCUT2D eigenvalue weighted by molar-refractivity contribution is -0.0161. The highest BCUT2D eigenvalue weighted by Crippen LogP contribution is 2.74. The van der Waals surface area contributed by atoms with Crippen LogP contribution in [-0.2, 0) is 6.42 Å². The maximum absolute atomic E-state index is 5.74. The quantitative estimate of drug-likeness (QED) is 0.687. The number of fused-ring (bicyclic) bond motifs is 3. The van der Waals surface area contributed by atoms with Crippen molar-refractivity contribution >= 4 is 17.3 Å². The molecule has 3 fully saturated rings. The van der Waals surface area contributed by atoms with Gasteiger partial charge in [-0.05, 0) is 85.4 Å². The molecule has 1 aromatic rings. The SMILES string of the molecule is CC12CCCC(C)(NC(=S)NCCc3ccccc3)C1C1C(CC2)C1(C)C. The fourth-order valence-electron chi connectivity index (χ4n) is 6.94. The van der Waals surface area contributed by atoms with Crippen LogP contribution < -0.4 is 10.6 Å². The molecular weight excluding hydrogens is 348 g/mol. The smallest absolute Gasteiger partial charge is 0.166 e. The molecule has 0 saturated heterocycles. The first-order valence-electron chi connectivity index (χ1n) is 10.9. The van der Waals surface area contributed by atoms with Gasteiger partial charge in [0.15, 0.2) is 5.11 Å². The van der Waals surface area contributed by atoms with Crippen molar-refractivity contribution in [2.75, 3.05) is 6.54 Å². The molecule has 27 heavy (non-hydrogen) atoms. The Hall–Kier alpha value is -1.09. The van der Waals surface area contributed by atoms with Crippen LogP contribution in [0.15, 0.2) is 30.3 Å². The average Bonchev–Trinajstić information content (AvgIpc) is 3.16. The minimum absolute atomic E-state index is 0.126. The Labute approximate surface area is 170 Å². The van der Waals surface area contributed by atoms with E-state index in [2.05, 4.69) is 68.7 Å². The summed E-state index contributed by atoms with van der Waals surface area (Å²) in [5, 5.41) is 8.15. The first kappa shape index (κ1) is 19.2. The maximum atomic E-state index is 5.74. The third-order valence-electron chi connectivity index (χ3n) is 8.35. The average molecular weight is 385 g/mol. The molecule has 0 amide bonds. The van der Waals surface area contributed by atoms with E-state index in [0.717, 1.165) is 35.8 Å². The molecule has 5 unspecified atom stereocenters. The number of rotatable bonds is 4. The number of nitrogens with one attached hydrogen (secondary N) is 2. The van der Waals surface area contributed by atoms with Gasteiger partial charge in [0.1, 0.15) is 0 Å². The lowest BCUT2D eigenvalue weighted by Gasteiger charge is -2.55. The number of hydrogen-bond acceptors (Lipinski definition) is 1. The Kier molecular flexibility index (Phi) is 4.81. The van der Waals surface area contributed by atoms with Crippen molar-refractivity contribution in [3.8, 4) is 0 Å². The third kappa shape index (κ3) is 3.41. The van der Waals surface area contributed by atoms with Crippen LogP contribution >= 0.6 is 12.2 Å². The highest BCUT2D eigenvalue weighted by Gasteiger charge is 2.70. The van der Waals surface area contributed by atoms with E-state index in [1.165, 1.54) is 37.7 Å². The standard InChI is InChI=1S/C24H36N2S/c1-22(2)18-11-15-23(3)13-8-14-24(4,20(23)19(18)22)26-21(27)25-16-12-17-9-6-5-7-10-17/h5-7,9-10,18-20H,8,11-16H2,1-4H3,(H2,25,26,27). The monoisotopic (exact) mass is 384 g/mol. The van der Waals surface area contributed by atoms with Gasteiger partial charge in [0, 0.05) is 12.1 Å². The molecule has 0 spiro atoms. The van der Waals surface area contributed by atoms with E-state index in [-0.39, 0.29) is 5.54 Å². The molecule has 2 nitrogen and oxygen atoms in total. The van der Waals surface area contributed by atoms with Crippen molar-refractivity contribution < 1.29 is 0 Å². The fraction of sp³-hybridized carbons (Fsp3) is 0.708. The summed E-state index contributed by atoms with van der Waals surface area (Å²) >= 11 is 5.74. The van der Waals surface area contributed by atoms with Crippen LogP contribution in [0.1, 0.15) is 65.4 Å². The summed E-state index contributed by atoms with van der Waals surface area (Å²) in [7, 11) is 0. The van der Waals surface area contributed by atoms with Crippen molar-refractivity contribution in [2.24, 2.45) is 28.6 Å². The Bertz CT molecular complexity index is 700. The molecule has 3 aliphatic carbocycles. The summed E-state index contributed by atoms with van der Waals surface area (Å²) in [5.74, 6) is 2.52. The maximum Gasteiger partial charge on any atom is 0.166 e. The van der Waals surface area contributed by atoms with E-state index in [1.807, 2.05) is 0 Å². The van der Waals surface area contributed by atoms with E-state index in [9.17, 15) is 0 Å². The summed E-state index contributed by atoms with van der Waals surface area (Å²) in [6.07, 6.45) is 7.79. The zero-order chi connectivity index (χ0) is 19.3. The Morgan fingerprint density at radius 3 is 2.56 bits per heavy atom. The van der Waals surface area contributed by atoms with Gasteiger partial charge in [-0.3, -0.25) is 0 Å². The van der Waals surface area contributed by atoms with Crippen LogP contribution in [0.5, 0.6) is 0 Å². The normalized spacial score (nSPS) is 39.0. The van der Waals surface area contributed by atoms with E-state index >= 15 is 0 Å². The zero-order valence-electron chi connectivity index (χ0n) is 17.5. The van der Waals surface area contributed by atoms with Crippen LogP contribution in [-0.4, -0.2) is 17.2 Å². The second-order valence-electron chi connectivity index (χ2n) is 10.5. The van der Waals surface area contributed by atoms with Crippen molar-refractivity contribution in [3.63, 3.8) is 0 Å². The van der Waals surface area contributed by atoms with Gasteiger partial charge in [-0.25, -0.2) is 0 Å². The Morgan fingerprint density at radius 2 is 1.81 bits per heavy atom. The third-order valence-corrected chi connectivity index (χ3v) is 8.59. The van der Waals surface area contributed by atoms with Gasteiger partial charge in [0.25, 0.3) is 0 Å². The molecule has 0 aromatic heterocycles. The van der Waals surface area contributed by atoms with Crippen LogP contribution in [0.2, 0.25) is 0 Å². The predicted octanol–water partition coefficient (Wildman–Crippen LogP) is 5.32. The second-order valence-corrected chi connectivity index (χ2v) is 10.9. The minimum atomic E-state index is 0.126. The molecule has 0 aliphatic heterocycles. The van der Waals surface area contributed by atoms with Gasteiger partial charge in [0.05, 0.1) is 0 Å². The van der Waals surface area contributed by atoms with Crippen molar-refractivity contribution in [1.29, 1.82) is 0 Å². The molecule has 0 bridgehead atoms. The minimum Gasteiger partial charge on any atom is -0.362 e. The second kappa shape index (κ2) is 6.76. The number of thiocarbonyl (C=S) groups is 1. The molecule has 3 heteroatoms. The summed E-state index contributed by atoms with van der Waals surface area (Å²) in [4.78, 5) is 0. The van der Waals surface area contributed by atoms with Crippen LogP contribution in [0, 0.1) is 28.6 Å². The molecule has 0 radical (unpaired) electrons. The predicted molar refractivity (Wildman–Crippen MR) is 118 cm³/mol. The van der Waals surface area contributed by atoms with Crippen molar-refractivity contribution in [1.82, 2.24) is 10.6 Å². The molecule has 3 saturated carbocycles. The van der Waals surface area contributed by atoms with Crippen molar-refractivity contribution in [2.45, 2.75) is 71.8 Å². The summed E-state index contributed by atoms with van der Waals surface area (Å²) in [6, 6.07) is 10.6. The lowest BCUT2D eigenvalue weighted by atomic mass is 9.53. The van der Waals surface area contributed by atoms with E-state index in [1.54, 1.807) is 0 Å². The van der Waals surface area contributed by atoms with Crippen LogP contribution in [0.25, 0.3) is 0 Å². The molecule has 1 aromatic carbocycles. The molecule has 5 atom stereocenters. The van der Waals surface area contributed by atoms with Gasteiger partial charge >= 0.3 is 0 Å². The van der Waals surface area contributed by atoms with Crippen LogP contribution in [0.4, 0.5) is 0 Å². The summed E-state index contributed by atoms with van der Waals surface area (Å²) in [6.45, 7) is 10.9.